The Bertz CT molecular complexity index is 728. The Morgan fingerprint density at radius 3 is 2.17 bits per heavy atom. The molecule has 2 rings (SSSR count). The van der Waals surface area contributed by atoms with Crippen molar-refractivity contribution in [3.63, 3.8) is 0 Å². The Hall–Kier alpha value is -3.35. The largest absolute Gasteiger partial charge is 0.466 e. The highest BCUT2D eigenvalue weighted by atomic mass is 16.6. The maximum Gasteiger partial charge on any atom is 0.351 e. The Labute approximate surface area is 138 Å². The molecule has 0 aromatic heterocycles. The summed E-state index contributed by atoms with van der Waals surface area (Å²) < 4.78 is 9.96. The van der Waals surface area contributed by atoms with Crippen LogP contribution in [0.25, 0.3) is 0 Å². The van der Waals surface area contributed by atoms with Crippen molar-refractivity contribution in [3.8, 4) is 0 Å². The molecule has 0 spiro atoms. The van der Waals surface area contributed by atoms with E-state index in [0.29, 0.717) is 11.3 Å². The smallest absolute Gasteiger partial charge is 0.351 e. The lowest BCUT2D eigenvalue weighted by Crippen LogP contribution is -2.21. The molecular weight excluding hydrogens is 312 g/mol. The van der Waals surface area contributed by atoms with Crippen molar-refractivity contribution in [1.82, 2.24) is 0 Å². The number of rotatable bonds is 5. The zero-order chi connectivity index (χ0) is 17.5. The number of primary amides is 1. The summed E-state index contributed by atoms with van der Waals surface area (Å²) in [6, 6.07) is 13.7. The van der Waals surface area contributed by atoms with Crippen LogP contribution in [0.15, 0.2) is 54.6 Å². The van der Waals surface area contributed by atoms with Crippen LogP contribution in [0, 0.1) is 0 Å². The van der Waals surface area contributed by atoms with Crippen LogP contribution in [-0.4, -0.2) is 25.1 Å². The van der Waals surface area contributed by atoms with E-state index in [-0.39, 0.29) is 5.56 Å². The van der Waals surface area contributed by atoms with Gasteiger partial charge in [-0.3, -0.25) is 0 Å². The second-order valence-corrected chi connectivity index (χ2v) is 4.79. The SMILES string of the molecule is COC(=O)C(OC(=O)c1ccc(NC(N)=O)cc1)c1ccccc1. The van der Waals surface area contributed by atoms with Crippen molar-refractivity contribution < 1.29 is 23.9 Å². The third kappa shape index (κ3) is 4.33. The highest BCUT2D eigenvalue weighted by Crippen LogP contribution is 2.21. The molecular formula is C17H16N2O5. The Kier molecular flexibility index (Phi) is 5.51. The quantitative estimate of drug-likeness (QED) is 0.818. The molecule has 2 amide bonds. The molecule has 124 valence electrons. The van der Waals surface area contributed by atoms with Gasteiger partial charge in [-0.25, -0.2) is 14.4 Å². The van der Waals surface area contributed by atoms with Crippen LogP contribution in [0.3, 0.4) is 0 Å². The maximum absolute atomic E-state index is 12.2. The number of hydrogen-bond acceptors (Lipinski definition) is 5. The van der Waals surface area contributed by atoms with Crippen LogP contribution in [0.4, 0.5) is 10.5 Å². The zero-order valence-corrected chi connectivity index (χ0v) is 12.9. The van der Waals surface area contributed by atoms with Gasteiger partial charge in [0, 0.05) is 11.3 Å². The number of amides is 2. The van der Waals surface area contributed by atoms with Gasteiger partial charge in [-0.05, 0) is 24.3 Å². The number of carbonyl (C=O) groups is 3. The van der Waals surface area contributed by atoms with Gasteiger partial charge in [0.2, 0.25) is 6.10 Å². The normalized spacial score (nSPS) is 11.2. The summed E-state index contributed by atoms with van der Waals surface area (Å²) in [5, 5.41) is 2.38. The van der Waals surface area contributed by atoms with Crippen molar-refractivity contribution in [2.75, 3.05) is 12.4 Å². The van der Waals surface area contributed by atoms with Crippen LogP contribution in [-0.2, 0) is 14.3 Å². The van der Waals surface area contributed by atoms with E-state index in [1.165, 1.54) is 31.4 Å². The number of carbonyl (C=O) groups excluding carboxylic acids is 3. The lowest BCUT2D eigenvalue weighted by Gasteiger charge is -2.16. The number of esters is 2. The standard InChI is InChI=1S/C17H16N2O5/c1-23-16(21)14(11-5-3-2-4-6-11)24-15(20)12-7-9-13(10-8-12)19-17(18)22/h2-10,14H,1H3,(H3,18,19,22). The van der Waals surface area contributed by atoms with Crippen LogP contribution < -0.4 is 11.1 Å². The molecule has 7 heteroatoms. The minimum absolute atomic E-state index is 0.217. The van der Waals surface area contributed by atoms with E-state index < -0.39 is 24.1 Å². The van der Waals surface area contributed by atoms with Gasteiger partial charge < -0.3 is 20.5 Å². The van der Waals surface area contributed by atoms with E-state index >= 15 is 0 Å². The molecule has 24 heavy (non-hydrogen) atoms. The van der Waals surface area contributed by atoms with Crippen LogP contribution in [0.5, 0.6) is 0 Å². The predicted molar refractivity (Wildman–Crippen MR) is 86.3 cm³/mol. The molecule has 3 N–H and O–H groups in total. The Morgan fingerprint density at radius 2 is 1.62 bits per heavy atom. The first-order valence-corrected chi connectivity index (χ1v) is 7.01. The van der Waals surface area contributed by atoms with Gasteiger partial charge in [-0.2, -0.15) is 0 Å². The average Bonchev–Trinajstić information content (AvgIpc) is 2.59. The molecule has 1 atom stereocenters. The number of hydrogen-bond donors (Lipinski definition) is 2. The molecule has 0 saturated carbocycles. The molecule has 0 radical (unpaired) electrons. The van der Waals surface area contributed by atoms with E-state index in [0.717, 1.165) is 0 Å². The average molecular weight is 328 g/mol. The first-order valence-electron chi connectivity index (χ1n) is 7.01. The zero-order valence-electron chi connectivity index (χ0n) is 12.9. The summed E-state index contributed by atoms with van der Waals surface area (Å²) in [5.74, 6) is -1.37. The summed E-state index contributed by atoms with van der Waals surface area (Å²) in [6.45, 7) is 0. The third-order valence-electron chi connectivity index (χ3n) is 3.13. The van der Waals surface area contributed by atoms with Gasteiger partial charge in [-0.15, -0.1) is 0 Å². The summed E-state index contributed by atoms with van der Waals surface area (Å²) in [4.78, 5) is 34.9. The van der Waals surface area contributed by atoms with Gasteiger partial charge in [0.05, 0.1) is 12.7 Å². The molecule has 7 nitrogen and oxygen atoms in total. The fourth-order valence-electron chi connectivity index (χ4n) is 1.99. The minimum atomic E-state index is -1.16. The topological polar surface area (TPSA) is 108 Å². The summed E-state index contributed by atoms with van der Waals surface area (Å²) in [5.41, 5.74) is 6.17. The molecule has 2 aromatic rings. The molecule has 0 saturated heterocycles. The van der Waals surface area contributed by atoms with Crippen molar-refractivity contribution in [2.24, 2.45) is 5.73 Å². The van der Waals surface area contributed by atoms with Crippen molar-refractivity contribution >= 4 is 23.7 Å². The van der Waals surface area contributed by atoms with Crippen molar-refractivity contribution in [1.29, 1.82) is 0 Å². The van der Waals surface area contributed by atoms with Gasteiger partial charge in [0.25, 0.3) is 0 Å². The van der Waals surface area contributed by atoms with Crippen LogP contribution in [0.2, 0.25) is 0 Å². The summed E-state index contributed by atoms with van der Waals surface area (Å²) >= 11 is 0. The molecule has 0 bridgehead atoms. The molecule has 0 aliphatic carbocycles. The van der Waals surface area contributed by atoms with Gasteiger partial charge in [0.1, 0.15) is 0 Å². The first-order chi connectivity index (χ1) is 11.5. The number of anilines is 1. The van der Waals surface area contributed by atoms with Gasteiger partial charge >= 0.3 is 18.0 Å². The lowest BCUT2D eigenvalue weighted by molar-refractivity contribution is -0.151. The Balaban J connectivity index is 2.15. The van der Waals surface area contributed by atoms with Crippen molar-refractivity contribution in [2.45, 2.75) is 6.10 Å². The molecule has 2 aromatic carbocycles. The first kappa shape index (κ1) is 17.0. The van der Waals surface area contributed by atoms with Crippen LogP contribution in [0.1, 0.15) is 22.0 Å². The van der Waals surface area contributed by atoms with E-state index in [1.807, 2.05) is 0 Å². The predicted octanol–water partition coefficient (Wildman–Crippen LogP) is 2.25. The van der Waals surface area contributed by atoms with E-state index in [1.54, 1.807) is 30.3 Å². The van der Waals surface area contributed by atoms with Gasteiger partial charge in [0.15, 0.2) is 0 Å². The number of nitrogens with two attached hydrogens (primary N) is 1. The highest BCUT2D eigenvalue weighted by Gasteiger charge is 2.26. The van der Waals surface area contributed by atoms with E-state index in [9.17, 15) is 14.4 Å². The maximum atomic E-state index is 12.2. The molecule has 0 aliphatic rings. The second kappa shape index (κ2) is 7.77. The number of urea groups is 1. The molecule has 0 aliphatic heterocycles. The van der Waals surface area contributed by atoms with Gasteiger partial charge in [-0.1, -0.05) is 30.3 Å². The number of nitrogens with one attached hydrogen (secondary N) is 1. The fourth-order valence-corrected chi connectivity index (χ4v) is 1.99. The van der Waals surface area contributed by atoms with E-state index in [2.05, 4.69) is 10.1 Å². The summed E-state index contributed by atoms with van der Waals surface area (Å²) in [6.07, 6.45) is -1.16. The fraction of sp³-hybridized carbons (Fsp3) is 0.118. The van der Waals surface area contributed by atoms with Crippen molar-refractivity contribution in [3.05, 3.63) is 65.7 Å². The van der Waals surface area contributed by atoms with E-state index in [4.69, 9.17) is 10.5 Å². The monoisotopic (exact) mass is 328 g/mol. The summed E-state index contributed by atoms with van der Waals surface area (Å²) in [7, 11) is 1.22. The minimum Gasteiger partial charge on any atom is -0.466 e. The molecule has 0 heterocycles. The molecule has 1 unspecified atom stereocenters. The number of methoxy groups -OCH3 is 1. The number of ether oxygens (including phenoxy) is 2. The second-order valence-electron chi connectivity index (χ2n) is 4.79. The molecule has 0 fully saturated rings. The van der Waals surface area contributed by atoms with Crippen LogP contribution >= 0.6 is 0 Å². The lowest BCUT2D eigenvalue weighted by atomic mass is 10.1. The third-order valence-corrected chi connectivity index (χ3v) is 3.13. The number of benzene rings is 2. The Morgan fingerprint density at radius 1 is 1.00 bits per heavy atom. The highest BCUT2D eigenvalue weighted by molar-refractivity contribution is 5.93.